The minimum absolute atomic E-state index is 0.0582. The van der Waals surface area contributed by atoms with Gasteiger partial charge in [0.15, 0.2) is 0 Å². The summed E-state index contributed by atoms with van der Waals surface area (Å²) in [4.78, 5) is 34.5. The normalized spacial score (nSPS) is 10.9. The van der Waals surface area contributed by atoms with Gasteiger partial charge in [-0.2, -0.15) is 13.2 Å². The van der Waals surface area contributed by atoms with Gasteiger partial charge in [0.2, 0.25) is 5.91 Å². The van der Waals surface area contributed by atoms with Crippen molar-refractivity contribution in [3.8, 4) is 0 Å². The fourth-order valence-corrected chi connectivity index (χ4v) is 2.37. The van der Waals surface area contributed by atoms with E-state index in [1.807, 2.05) is 0 Å². The highest BCUT2D eigenvalue weighted by atomic mass is 19.4. The van der Waals surface area contributed by atoms with E-state index in [0.29, 0.717) is 0 Å². The zero-order valence-corrected chi connectivity index (χ0v) is 15.0. The van der Waals surface area contributed by atoms with Gasteiger partial charge in [-0.15, -0.1) is 0 Å². The molecule has 0 unspecified atom stereocenters. The number of hydrogen-bond acceptors (Lipinski definition) is 5. The first kappa shape index (κ1) is 21.7. The van der Waals surface area contributed by atoms with E-state index in [4.69, 9.17) is 0 Å². The quantitative estimate of drug-likeness (QED) is 0.456. The van der Waals surface area contributed by atoms with Crippen LogP contribution in [0.5, 0.6) is 0 Å². The number of benzene rings is 2. The Morgan fingerprint density at radius 2 is 1.62 bits per heavy atom. The summed E-state index contributed by atoms with van der Waals surface area (Å²) in [5, 5.41) is 17.9. The lowest BCUT2D eigenvalue weighted by Gasteiger charge is -2.13. The third kappa shape index (κ3) is 6.79. The molecule has 2 aromatic carbocycles. The van der Waals surface area contributed by atoms with E-state index >= 15 is 0 Å². The topological polar surface area (TPSA) is 113 Å². The second-order valence-electron chi connectivity index (χ2n) is 5.84. The summed E-state index contributed by atoms with van der Waals surface area (Å²) >= 11 is 0. The number of hydrogen-bond donors (Lipinski definition) is 3. The number of rotatable bonds is 8. The lowest BCUT2D eigenvalue weighted by molar-refractivity contribution is -0.384. The van der Waals surface area contributed by atoms with E-state index in [2.05, 4.69) is 10.6 Å². The second kappa shape index (κ2) is 9.53. The van der Waals surface area contributed by atoms with E-state index in [1.54, 1.807) is 11.4 Å². The first-order valence-corrected chi connectivity index (χ1v) is 8.38. The molecule has 0 aliphatic carbocycles. The van der Waals surface area contributed by atoms with Crippen LogP contribution in [0, 0.1) is 10.1 Å². The molecule has 0 radical (unpaired) electrons. The highest BCUT2D eigenvalue weighted by Crippen LogP contribution is 2.23. The molecule has 2 rings (SSSR count). The number of alkyl halides is 3. The molecule has 0 atom stereocenters. The van der Waals surface area contributed by atoms with Crippen molar-refractivity contribution < 1.29 is 27.7 Å². The van der Waals surface area contributed by atoms with Gasteiger partial charge in [0, 0.05) is 19.0 Å². The molecule has 0 aromatic heterocycles. The Morgan fingerprint density at radius 1 is 1.00 bits per heavy atom. The Bertz CT molecular complexity index is 903. The minimum atomic E-state index is -4.56. The largest absolute Gasteiger partial charge is 0.405 e. The smallest absolute Gasteiger partial charge is 0.379 e. The van der Waals surface area contributed by atoms with Crippen molar-refractivity contribution in [1.29, 1.82) is 0 Å². The summed E-state index contributed by atoms with van der Waals surface area (Å²) in [5.74, 6) is -1.50. The number of nitrogens with one attached hydrogen (secondary N) is 3. The van der Waals surface area contributed by atoms with Crippen LogP contribution in [0.15, 0.2) is 48.5 Å². The zero-order chi connectivity index (χ0) is 21.4. The standard InChI is InChI=1S/C18H17F3N4O4/c19-18(20,21)11-23-17(27)12-5-1-2-6-13(12)24-16(26)9-10-22-14-7-3-4-8-15(14)25(28)29/h1-8,22H,9-11H2,(H,23,27)(H,24,26). The predicted molar refractivity (Wildman–Crippen MR) is 99.7 cm³/mol. The van der Waals surface area contributed by atoms with Gasteiger partial charge in [-0.1, -0.05) is 24.3 Å². The molecule has 0 aliphatic heterocycles. The Balaban J connectivity index is 1.94. The van der Waals surface area contributed by atoms with Crippen LogP contribution in [-0.2, 0) is 4.79 Å². The summed E-state index contributed by atoms with van der Waals surface area (Å²) in [5.41, 5.74) is 0.0523. The van der Waals surface area contributed by atoms with Crippen LogP contribution in [0.3, 0.4) is 0 Å². The summed E-state index contributed by atoms with van der Waals surface area (Å²) in [6.07, 6.45) is -4.65. The van der Waals surface area contributed by atoms with E-state index in [9.17, 15) is 32.9 Å². The first-order chi connectivity index (χ1) is 13.7. The highest BCUT2D eigenvalue weighted by molar-refractivity contribution is 6.03. The molecule has 0 aliphatic rings. The Hall–Kier alpha value is -3.63. The second-order valence-corrected chi connectivity index (χ2v) is 5.84. The molecular weight excluding hydrogens is 393 g/mol. The molecule has 0 bridgehead atoms. The molecule has 29 heavy (non-hydrogen) atoms. The van der Waals surface area contributed by atoms with E-state index < -0.39 is 29.5 Å². The maximum atomic E-state index is 12.3. The molecule has 11 heteroatoms. The number of anilines is 2. The fraction of sp³-hybridized carbons (Fsp3) is 0.222. The molecule has 3 N–H and O–H groups in total. The minimum Gasteiger partial charge on any atom is -0.379 e. The highest BCUT2D eigenvalue weighted by Gasteiger charge is 2.28. The Morgan fingerprint density at radius 3 is 2.28 bits per heavy atom. The number of nitro benzene ring substituents is 1. The number of amides is 2. The number of para-hydroxylation sites is 3. The molecule has 0 heterocycles. The van der Waals surface area contributed by atoms with Crippen LogP contribution in [0.4, 0.5) is 30.2 Å². The van der Waals surface area contributed by atoms with E-state index in [1.165, 1.54) is 42.5 Å². The van der Waals surface area contributed by atoms with Crippen LogP contribution in [-0.4, -0.2) is 36.0 Å². The van der Waals surface area contributed by atoms with Crippen LogP contribution in [0.25, 0.3) is 0 Å². The average molecular weight is 410 g/mol. The molecular formula is C18H17F3N4O4. The number of carbonyl (C=O) groups excluding carboxylic acids is 2. The number of nitrogens with zero attached hydrogens (tertiary/aromatic N) is 1. The number of carbonyl (C=O) groups is 2. The van der Waals surface area contributed by atoms with Crippen LogP contribution in [0.2, 0.25) is 0 Å². The summed E-state index contributed by atoms with van der Waals surface area (Å²) in [6, 6.07) is 11.6. The molecule has 0 fully saturated rings. The van der Waals surface area contributed by atoms with Gasteiger partial charge in [-0.05, 0) is 18.2 Å². The van der Waals surface area contributed by atoms with Crippen molar-refractivity contribution in [2.24, 2.45) is 0 Å². The van der Waals surface area contributed by atoms with Gasteiger partial charge in [0.05, 0.1) is 16.2 Å². The van der Waals surface area contributed by atoms with Crippen molar-refractivity contribution in [3.05, 3.63) is 64.2 Å². The molecule has 8 nitrogen and oxygen atoms in total. The van der Waals surface area contributed by atoms with Gasteiger partial charge in [0.1, 0.15) is 12.2 Å². The monoisotopic (exact) mass is 410 g/mol. The maximum Gasteiger partial charge on any atom is 0.405 e. The van der Waals surface area contributed by atoms with Crippen LogP contribution >= 0.6 is 0 Å². The predicted octanol–water partition coefficient (Wildman–Crippen LogP) is 3.33. The fourth-order valence-electron chi connectivity index (χ4n) is 2.37. The van der Waals surface area contributed by atoms with Crippen molar-refractivity contribution >= 4 is 28.9 Å². The molecule has 0 spiro atoms. The molecule has 2 amide bonds. The third-order valence-corrected chi connectivity index (χ3v) is 3.66. The lowest BCUT2D eigenvalue weighted by Crippen LogP contribution is -2.34. The molecule has 0 saturated heterocycles. The summed E-state index contributed by atoms with van der Waals surface area (Å²) in [6.45, 7) is -1.42. The Kier molecular flexibility index (Phi) is 7.12. The third-order valence-electron chi connectivity index (χ3n) is 3.66. The van der Waals surface area contributed by atoms with Crippen molar-refractivity contribution in [3.63, 3.8) is 0 Å². The summed E-state index contributed by atoms with van der Waals surface area (Å²) in [7, 11) is 0. The van der Waals surface area contributed by atoms with Gasteiger partial charge >= 0.3 is 6.18 Å². The molecule has 0 saturated carbocycles. The molecule has 154 valence electrons. The Labute approximate surface area is 163 Å². The molecule has 2 aromatic rings. The average Bonchev–Trinajstić information content (AvgIpc) is 2.66. The number of nitro groups is 1. The van der Waals surface area contributed by atoms with Crippen molar-refractivity contribution in [1.82, 2.24) is 5.32 Å². The van der Waals surface area contributed by atoms with E-state index in [0.717, 1.165) is 0 Å². The first-order valence-electron chi connectivity index (χ1n) is 8.38. The van der Waals surface area contributed by atoms with Gasteiger partial charge in [-0.25, -0.2) is 0 Å². The maximum absolute atomic E-state index is 12.3. The van der Waals surface area contributed by atoms with Gasteiger partial charge in [0.25, 0.3) is 11.6 Å². The van der Waals surface area contributed by atoms with E-state index in [-0.39, 0.29) is 35.6 Å². The van der Waals surface area contributed by atoms with Crippen LogP contribution < -0.4 is 16.0 Å². The van der Waals surface area contributed by atoms with Gasteiger partial charge < -0.3 is 16.0 Å². The van der Waals surface area contributed by atoms with Gasteiger partial charge in [-0.3, -0.25) is 19.7 Å². The number of halogens is 3. The zero-order valence-electron chi connectivity index (χ0n) is 15.0. The van der Waals surface area contributed by atoms with Crippen molar-refractivity contribution in [2.75, 3.05) is 23.7 Å². The van der Waals surface area contributed by atoms with Crippen molar-refractivity contribution in [2.45, 2.75) is 12.6 Å². The summed E-state index contributed by atoms with van der Waals surface area (Å²) < 4.78 is 36.8. The van der Waals surface area contributed by atoms with Crippen LogP contribution in [0.1, 0.15) is 16.8 Å². The SMILES string of the molecule is O=C(CCNc1ccccc1[N+](=O)[O-])Nc1ccccc1C(=O)NCC(F)(F)F. The lowest BCUT2D eigenvalue weighted by atomic mass is 10.1.